The Morgan fingerprint density at radius 1 is 1.25 bits per heavy atom. The van der Waals surface area contributed by atoms with Gasteiger partial charge in [0.2, 0.25) is 0 Å². The average molecular weight is 292 g/mol. The zero-order chi connectivity index (χ0) is 12.2. The Hall–Kier alpha value is -0.890. The van der Waals surface area contributed by atoms with Gasteiger partial charge in [-0.1, -0.05) is 0 Å². The second-order valence-corrected chi connectivity index (χ2v) is 4.32. The molecule has 0 aliphatic rings. The van der Waals surface area contributed by atoms with Crippen LogP contribution >= 0.6 is 15.9 Å². The largest absolute Gasteiger partial charge is 0.396 e. The molecule has 0 aliphatic heterocycles. The summed E-state index contributed by atoms with van der Waals surface area (Å²) in [6.45, 7) is -1.27. The van der Waals surface area contributed by atoms with Crippen LogP contribution in [0.15, 0.2) is 16.9 Å². The highest BCUT2D eigenvalue weighted by molar-refractivity contribution is 9.10. The van der Waals surface area contributed by atoms with Gasteiger partial charge in [-0.2, -0.15) is 0 Å². The quantitative estimate of drug-likeness (QED) is 0.503. The molecule has 16 heavy (non-hydrogen) atoms. The standard InChI is InChI=1S/C9H14BrN3O3/c10-6-1-12-2-7(11)8(6)13-9(3-14,4-15)5-16/h1-2,14-16H,3-5,11H2,(H,12,13). The molecule has 0 fully saturated rings. The van der Waals surface area contributed by atoms with E-state index in [0.29, 0.717) is 15.8 Å². The van der Waals surface area contributed by atoms with E-state index in [1.165, 1.54) is 12.4 Å². The summed E-state index contributed by atoms with van der Waals surface area (Å²) in [5, 5.41) is 30.3. The Morgan fingerprint density at radius 3 is 2.25 bits per heavy atom. The van der Waals surface area contributed by atoms with Gasteiger partial charge in [-0.15, -0.1) is 0 Å². The van der Waals surface area contributed by atoms with Crippen molar-refractivity contribution in [2.45, 2.75) is 5.54 Å². The summed E-state index contributed by atoms with van der Waals surface area (Å²) in [6.07, 6.45) is 2.96. The highest BCUT2D eigenvalue weighted by Crippen LogP contribution is 2.29. The van der Waals surface area contributed by atoms with Gasteiger partial charge in [0, 0.05) is 6.20 Å². The highest BCUT2D eigenvalue weighted by atomic mass is 79.9. The van der Waals surface area contributed by atoms with E-state index in [1.807, 2.05) is 0 Å². The molecule has 6 nitrogen and oxygen atoms in total. The lowest BCUT2D eigenvalue weighted by molar-refractivity contribution is 0.0834. The second-order valence-electron chi connectivity index (χ2n) is 3.47. The van der Waals surface area contributed by atoms with Crippen molar-refractivity contribution in [3.8, 4) is 0 Å². The van der Waals surface area contributed by atoms with Crippen LogP contribution in [0, 0.1) is 0 Å². The number of hydrogen-bond acceptors (Lipinski definition) is 6. The third-order valence-electron chi connectivity index (χ3n) is 2.23. The molecular weight excluding hydrogens is 278 g/mol. The molecule has 0 saturated carbocycles. The number of anilines is 2. The van der Waals surface area contributed by atoms with Crippen LogP contribution in [0.4, 0.5) is 11.4 Å². The molecule has 1 aromatic rings. The number of halogens is 1. The first-order valence-corrected chi connectivity index (χ1v) is 5.37. The number of aliphatic hydroxyl groups is 3. The van der Waals surface area contributed by atoms with Crippen molar-refractivity contribution in [3.05, 3.63) is 16.9 Å². The maximum absolute atomic E-state index is 9.17. The molecule has 6 N–H and O–H groups in total. The summed E-state index contributed by atoms with van der Waals surface area (Å²) in [5.41, 5.74) is 5.32. The molecule has 0 saturated heterocycles. The van der Waals surface area contributed by atoms with E-state index in [4.69, 9.17) is 21.1 Å². The van der Waals surface area contributed by atoms with Crippen molar-refractivity contribution in [2.24, 2.45) is 0 Å². The summed E-state index contributed by atoms with van der Waals surface area (Å²) < 4.78 is 0.590. The van der Waals surface area contributed by atoms with Crippen molar-refractivity contribution in [2.75, 3.05) is 30.9 Å². The first-order chi connectivity index (χ1) is 7.58. The van der Waals surface area contributed by atoms with Crippen LogP contribution in [0.5, 0.6) is 0 Å². The van der Waals surface area contributed by atoms with Crippen LogP contribution in [0.25, 0.3) is 0 Å². The van der Waals surface area contributed by atoms with Crippen molar-refractivity contribution in [1.29, 1.82) is 0 Å². The maximum atomic E-state index is 9.17. The fourth-order valence-electron chi connectivity index (χ4n) is 1.12. The molecular formula is C9H14BrN3O3. The van der Waals surface area contributed by atoms with Crippen LogP contribution in [0.1, 0.15) is 0 Å². The van der Waals surface area contributed by atoms with E-state index in [1.54, 1.807) is 0 Å². The monoisotopic (exact) mass is 291 g/mol. The van der Waals surface area contributed by atoms with Crippen LogP contribution in [-0.4, -0.2) is 45.7 Å². The molecule has 0 aliphatic carbocycles. The molecule has 0 radical (unpaired) electrons. The summed E-state index contributed by atoms with van der Waals surface area (Å²) in [7, 11) is 0. The second kappa shape index (κ2) is 5.44. The Balaban J connectivity index is 3.02. The number of aromatic nitrogens is 1. The number of nitrogens with zero attached hydrogens (tertiary/aromatic N) is 1. The number of nitrogens with two attached hydrogens (primary N) is 1. The minimum Gasteiger partial charge on any atom is -0.396 e. The summed E-state index contributed by atoms with van der Waals surface area (Å²) in [5.74, 6) is 0. The van der Waals surface area contributed by atoms with Crippen LogP contribution < -0.4 is 11.1 Å². The predicted molar refractivity (Wildman–Crippen MR) is 64.0 cm³/mol. The first-order valence-electron chi connectivity index (χ1n) is 4.58. The van der Waals surface area contributed by atoms with Gasteiger partial charge < -0.3 is 26.4 Å². The van der Waals surface area contributed by atoms with Gasteiger partial charge in [0.05, 0.1) is 41.9 Å². The van der Waals surface area contributed by atoms with E-state index in [2.05, 4.69) is 26.2 Å². The molecule has 1 aromatic heterocycles. The van der Waals surface area contributed by atoms with E-state index in [9.17, 15) is 0 Å². The predicted octanol–water partition coefficient (Wildman–Crippen LogP) is -0.446. The van der Waals surface area contributed by atoms with Crippen LogP contribution in [0.2, 0.25) is 0 Å². The van der Waals surface area contributed by atoms with Crippen molar-refractivity contribution < 1.29 is 15.3 Å². The smallest absolute Gasteiger partial charge is 0.107 e. The third kappa shape index (κ3) is 2.62. The fourth-order valence-corrected chi connectivity index (χ4v) is 1.56. The van der Waals surface area contributed by atoms with Gasteiger partial charge in [-0.25, -0.2) is 0 Å². The Bertz CT molecular complexity index is 329. The molecule has 1 rings (SSSR count). The van der Waals surface area contributed by atoms with Crippen LogP contribution in [-0.2, 0) is 0 Å². The zero-order valence-electron chi connectivity index (χ0n) is 8.52. The van der Waals surface area contributed by atoms with Gasteiger partial charge in [-0.05, 0) is 15.9 Å². The zero-order valence-corrected chi connectivity index (χ0v) is 10.1. The first kappa shape index (κ1) is 13.2. The number of nitrogens with one attached hydrogen (secondary N) is 1. The van der Waals surface area contributed by atoms with E-state index in [-0.39, 0.29) is 0 Å². The van der Waals surface area contributed by atoms with Gasteiger partial charge >= 0.3 is 0 Å². The minimum absolute atomic E-state index is 0.356. The van der Waals surface area contributed by atoms with E-state index in [0.717, 1.165) is 0 Å². The minimum atomic E-state index is -1.21. The van der Waals surface area contributed by atoms with E-state index < -0.39 is 25.4 Å². The maximum Gasteiger partial charge on any atom is 0.107 e. The van der Waals surface area contributed by atoms with Gasteiger partial charge in [-0.3, -0.25) is 4.98 Å². The molecule has 90 valence electrons. The average Bonchev–Trinajstić information content (AvgIpc) is 2.30. The van der Waals surface area contributed by atoms with Gasteiger partial charge in [0.25, 0.3) is 0 Å². The van der Waals surface area contributed by atoms with Gasteiger partial charge in [0.15, 0.2) is 0 Å². The summed E-state index contributed by atoms with van der Waals surface area (Å²) in [6, 6.07) is 0. The van der Waals surface area contributed by atoms with E-state index >= 15 is 0 Å². The SMILES string of the molecule is Nc1cncc(Br)c1NC(CO)(CO)CO. The molecule has 0 spiro atoms. The Kier molecular flexibility index (Phi) is 4.48. The molecule has 0 atom stereocenters. The highest BCUT2D eigenvalue weighted by Gasteiger charge is 2.29. The lowest BCUT2D eigenvalue weighted by atomic mass is 10.0. The molecule has 0 unspecified atom stereocenters. The molecule has 1 heterocycles. The molecule has 0 bridgehead atoms. The number of rotatable bonds is 5. The molecule has 7 heteroatoms. The van der Waals surface area contributed by atoms with Crippen molar-refractivity contribution >= 4 is 27.3 Å². The number of pyridine rings is 1. The number of hydrogen-bond donors (Lipinski definition) is 5. The summed E-state index contributed by atoms with van der Waals surface area (Å²) >= 11 is 3.24. The lowest BCUT2D eigenvalue weighted by Gasteiger charge is -2.30. The molecule has 0 aromatic carbocycles. The van der Waals surface area contributed by atoms with Crippen LogP contribution in [0.3, 0.4) is 0 Å². The number of nitrogen functional groups attached to an aromatic ring is 1. The Labute approximate surface area is 101 Å². The normalized spacial score (nSPS) is 11.5. The topological polar surface area (TPSA) is 112 Å². The number of aliphatic hydroxyl groups excluding tert-OH is 3. The Morgan fingerprint density at radius 2 is 1.81 bits per heavy atom. The van der Waals surface area contributed by atoms with Gasteiger partial charge in [0.1, 0.15) is 5.54 Å². The molecule has 0 amide bonds. The fraction of sp³-hybridized carbons (Fsp3) is 0.444. The van der Waals surface area contributed by atoms with Crippen molar-refractivity contribution in [3.63, 3.8) is 0 Å². The van der Waals surface area contributed by atoms with Crippen molar-refractivity contribution in [1.82, 2.24) is 4.98 Å². The summed E-state index contributed by atoms with van der Waals surface area (Å²) in [4.78, 5) is 3.85. The third-order valence-corrected chi connectivity index (χ3v) is 2.83. The lowest BCUT2D eigenvalue weighted by Crippen LogP contribution is -2.49.